The monoisotopic (exact) mass is 748 g/mol. The predicted molar refractivity (Wildman–Crippen MR) is 179 cm³/mol. The van der Waals surface area contributed by atoms with Crippen molar-refractivity contribution in [2.24, 2.45) is 0 Å². The van der Waals surface area contributed by atoms with Crippen molar-refractivity contribution >= 4 is 68.6 Å². The first-order valence-electron chi connectivity index (χ1n) is 14.7. The van der Waals surface area contributed by atoms with Crippen LogP contribution in [-0.2, 0) is 34.4 Å². The second kappa shape index (κ2) is 17.7. The van der Waals surface area contributed by atoms with Crippen LogP contribution in [0.4, 0.5) is 14.5 Å². The molecule has 20 heteroatoms. The number of fused-ring (bicyclic) bond motifs is 1. The van der Waals surface area contributed by atoms with Gasteiger partial charge in [0.1, 0.15) is 6.29 Å². The van der Waals surface area contributed by atoms with Crippen LogP contribution in [0.1, 0.15) is 48.3 Å². The average Bonchev–Trinajstić information content (AvgIpc) is 3.71. The SMILES string of the molecule is CCN(CCC(=O)N1CCC[C@H]1C=O)C(C)=O.CNC(=O)c1cc2cc(C(F)(F)P(=O)(O)O)ccc2s1.CNc1cnc(S(C)(=O)=O)nc1. The molecule has 0 radical (unpaired) electrons. The van der Waals surface area contributed by atoms with Gasteiger partial charge in [-0.15, -0.1) is 11.3 Å². The quantitative estimate of drug-likeness (QED) is 0.134. The zero-order chi connectivity index (χ0) is 37.2. The zero-order valence-corrected chi connectivity index (χ0v) is 29.9. The first-order chi connectivity index (χ1) is 22.8. The van der Waals surface area contributed by atoms with E-state index in [1.807, 2.05) is 6.92 Å². The summed E-state index contributed by atoms with van der Waals surface area (Å²) < 4.78 is 60.4. The number of aromatic nitrogens is 2. The molecule has 3 aromatic rings. The lowest BCUT2D eigenvalue weighted by Gasteiger charge is -2.23. The minimum Gasteiger partial charge on any atom is -0.386 e. The summed E-state index contributed by atoms with van der Waals surface area (Å²) in [5.74, 6) is -0.401. The Morgan fingerprint density at radius 1 is 1.18 bits per heavy atom. The maximum absolute atomic E-state index is 13.6. The fraction of sp³-hybridized carbons (Fsp3) is 0.448. The van der Waals surface area contributed by atoms with Crippen LogP contribution in [0.5, 0.6) is 0 Å². The van der Waals surface area contributed by atoms with Crippen molar-refractivity contribution in [1.82, 2.24) is 25.1 Å². The molecule has 0 unspecified atom stereocenters. The lowest BCUT2D eigenvalue weighted by atomic mass is 10.1. The molecule has 1 aliphatic heterocycles. The molecule has 15 nitrogen and oxygen atoms in total. The molecule has 3 amide bonds. The van der Waals surface area contributed by atoms with Crippen LogP contribution in [0, 0.1) is 0 Å². The highest BCUT2D eigenvalue weighted by Gasteiger charge is 2.50. The van der Waals surface area contributed by atoms with E-state index >= 15 is 0 Å². The van der Waals surface area contributed by atoms with E-state index in [9.17, 15) is 40.9 Å². The number of likely N-dealkylation sites (tertiary alicyclic amines) is 1. The summed E-state index contributed by atoms with van der Waals surface area (Å²) in [5.41, 5.74) is -4.35. The van der Waals surface area contributed by atoms with Crippen molar-refractivity contribution in [2.45, 2.75) is 50.0 Å². The lowest BCUT2D eigenvalue weighted by molar-refractivity contribution is -0.136. The molecule has 1 atom stereocenters. The van der Waals surface area contributed by atoms with Crippen LogP contribution in [0.3, 0.4) is 0 Å². The van der Waals surface area contributed by atoms with Gasteiger partial charge >= 0.3 is 13.3 Å². The molecular formula is C29H39F2N6O9PS2. The van der Waals surface area contributed by atoms with Crippen LogP contribution in [0.15, 0.2) is 41.8 Å². The molecule has 49 heavy (non-hydrogen) atoms. The van der Waals surface area contributed by atoms with Crippen LogP contribution in [0.2, 0.25) is 0 Å². The molecule has 1 aromatic carbocycles. The minimum atomic E-state index is -5.60. The van der Waals surface area contributed by atoms with E-state index < -0.39 is 28.7 Å². The van der Waals surface area contributed by atoms with Gasteiger partial charge in [-0.3, -0.25) is 18.9 Å². The van der Waals surface area contributed by atoms with Crippen molar-refractivity contribution in [2.75, 3.05) is 45.3 Å². The smallest absolute Gasteiger partial charge is 0.386 e. The third-order valence-electron chi connectivity index (χ3n) is 7.13. The Hall–Kier alpha value is -3.90. The largest absolute Gasteiger partial charge is 0.399 e. The molecule has 0 saturated carbocycles. The molecule has 0 aliphatic carbocycles. The number of thiophene rings is 1. The summed E-state index contributed by atoms with van der Waals surface area (Å²) in [5, 5.41) is 5.38. The number of nitrogens with zero attached hydrogens (tertiary/aromatic N) is 4. The highest BCUT2D eigenvalue weighted by Crippen LogP contribution is 2.59. The molecule has 1 fully saturated rings. The minimum absolute atomic E-state index is 0.0198. The number of sulfone groups is 1. The predicted octanol–water partition coefficient (Wildman–Crippen LogP) is 2.84. The summed E-state index contributed by atoms with van der Waals surface area (Å²) >= 11 is 1.11. The number of carbonyl (C=O) groups is 4. The third-order valence-corrected chi connectivity index (χ3v) is 10.1. The number of rotatable bonds is 10. The number of hydrogen-bond acceptors (Lipinski definition) is 11. The van der Waals surface area contributed by atoms with Crippen molar-refractivity contribution in [1.29, 1.82) is 0 Å². The van der Waals surface area contributed by atoms with Gasteiger partial charge in [0.25, 0.3) is 5.91 Å². The number of benzene rings is 1. The molecule has 4 rings (SSSR count). The van der Waals surface area contributed by atoms with Crippen molar-refractivity contribution in [3.63, 3.8) is 0 Å². The summed E-state index contributed by atoms with van der Waals surface area (Å²) in [7, 11) is -5.72. The number of halogens is 2. The summed E-state index contributed by atoms with van der Waals surface area (Å²) in [6.45, 7) is 5.09. The Morgan fingerprint density at radius 3 is 2.31 bits per heavy atom. The Balaban J connectivity index is 0.000000263. The highest BCUT2D eigenvalue weighted by molar-refractivity contribution is 7.90. The molecule has 2 aromatic heterocycles. The second-order valence-electron chi connectivity index (χ2n) is 10.6. The van der Waals surface area contributed by atoms with Gasteiger partial charge in [0, 0.05) is 63.6 Å². The van der Waals surface area contributed by atoms with Gasteiger partial charge in [-0.25, -0.2) is 18.4 Å². The van der Waals surface area contributed by atoms with E-state index in [0.29, 0.717) is 46.7 Å². The first kappa shape index (κ1) is 41.3. The normalized spacial score (nSPS) is 14.6. The second-order valence-corrected chi connectivity index (χ2v) is 15.2. The first-order valence-corrected chi connectivity index (χ1v) is 19.0. The number of amides is 3. The van der Waals surface area contributed by atoms with Crippen LogP contribution in [0.25, 0.3) is 10.1 Å². The molecule has 0 spiro atoms. The molecule has 3 heterocycles. The molecule has 4 N–H and O–H groups in total. The maximum Gasteiger partial charge on any atom is 0.399 e. The number of nitrogens with one attached hydrogen (secondary N) is 2. The van der Waals surface area contributed by atoms with E-state index in [1.165, 1.54) is 38.5 Å². The van der Waals surface area contributed by atoms with E-state index in [4.69, 9.17) is 9.79 Å². The lowest BCUT2D eigenvalue weighted by Crippen LogP contribution is -2.39. The fourth-order valence-electron chi connectivity index (χ4n) is 4.43. The number of carbonyl (C=O) groups excluding carboxylic acids is 4. The maximum atomic E-state index is 13.6. The van der Waals surface area contributed by atoms with E-state index in [-0.39, 0.29) is 28.9 Å². The van der Waals surface area contributed by atoms with Gasteiger partial charge in [0.15, 0.2) is 0 Å². The number of hydrogen-bond donors (Lipinski definition) is 4. The summed E-state index contributed by atoms with van der Waals surface area (Å²) in [6, 6.07) is 4.39. The molecular weight excluding hydrogens is 709 g/mol. The van der Waals surface area contributed by atoms with Crippen molar-refractivity contribution in [3.05, 3.63) is 47.1 Å². The Kier molecular flexibility index (Phi) is 14.9. The van der Waals surface area contributed by atoms with Crippen LogP contribution >= 0.6 is 18.9 Å². The zero-order valence-electron chi connectivity index (χ0n) is 27.4. The number of anilines is 1. The van der Waals surface area contributed by atoms with E-state index in [0.717, 1.165) is 48.9 Å². The molecule has 1 saturated heterocycles. The summed E-state index contributed by atoms with van der Waals surface area (Å²) in [4.78, 5) is 73.6. The van der Waals surface area contributed by atoms with Gasteiger partial charge in [0.05, 0.1) is 29.0 Å². The van der Waals surface area contributed by atoms with Crippen LogP contribution in [-0.4, -0.2) is 108 Å². The van der Waals surface area contributed by atoms with Gasteiger partial charge in [0.2, 0.25) is 26.8 Å². The fourth-order valence-corrected chi connectivity index (χ4v) is 6.38. The average molecular weight is 749 g/mol. The topological polar surface area (TPSA) is 216 Å². The van der Waals surface area contributed by atoms with E-state index in [2.05, 4.69) is 20.6 Å². The number of aldehydes is 1. The van der Waals surface area contributed by atoms with Crippen molar-refractivity contribution in [3.8, 4) is 0 Å². The molecule has 0 bridgehead atoms. The number of alkyl halides is 2. The molecule has 270 valence electrons. The van der Waals surface area contributed by atoms with Gasteiger partial charge < -0.3 is 35.0 Å². The van der Waals surface area contributed by atoms with Crippen molar-refractivity contribution < 1.29 is 50.7 Å². The van der Waals surface area contributed by atoms with Gasteiger partial charge in [-0.2, -0.15) is 8.78 Å². The Morgan fingerprint density at radius 2 is 1.82 bits per heavy atom. The Bertz CT molecular complexity index is 1790. The van der Waals surface area contributed by atoms with Gasteiger partial charge in [-0.05, 0) is 43.4 Å². The Labute approximate surface area is 286 Å². The highest BCUT2D eigenvalue weighted by atomic mass is 32.2. The summed E-state index contributed by atoms with van der Waals surface area (Å²) in [6.07, 6.45) is 6.71. The van der Waals surface area contributed by atoms with Crippen LogP contribution < -0.4 is 10.6 Å². The van der Waals surface area contributed by atoms with E-state index in [1.54, 1.807) is 16.8 Å². The van der Waals surface area contributed by atoms with Gasteiger partial charge in [-0.1, -0.05) is 6.07 Å². The standard InChI is InChI=1S/C12H20N2O3.C11H10F2NO4PS.C6H9N3O2S/c1-3-13(10(2)16)8-6-12(17)14-7-4-5-11(14)9-15;1-14-10(15)9-5-6-4-7(2-3-8(6)20-9)11(12,13)19(16,17)18;1-7-5-3-8-6(9-4-5)12(2,10)11/h9,11H,3-8H2,1-2H3;2-5H,1H3,(H,14,15)(H2,16,17,18);3-4,7H,1-2H3/t11-;;/m0../s1. The third kappa shape index (κ3) is 11.3. The molecule has 1 aliphatic rings.